The molecule has 0 rings (SSSR count). The molecule has 10 N–H and O–H groups in total. The molecule has 0 saturated carbocycles. The molecule has 0 aliphatic rings. The topological polar surface area (TPSA) is 434 Å². The molecule has 0 aromatic rings. The van der Waals surface area contributed by atoms with Crippen LogP contribution in [0.3, 0.4) is 0 Å². The zero-order chi connectivity index (χ0) is 14.3. The van der Waals surface area contributed by atoms with E-state index in [-0.39, 0.29) is 382 Å². The first kappa shape index (κ1) is 152. The van der Waals surface area contributed by atoms with Crippen LogP contribution in [0.2, 0.25) is 0 Å². The third-order valence-electron chi connectivity index (χ3n) is 0. The number of hydrogen-bond donors (Lipinski definition) is 0. The van der Waals surface area contributed by atoms with E-state index in [1.807, 2.05) is 0 Å². The second kappa shape index (κ2) is 142. The van der Waals surface area contributed by atoms with E-state index in [1.54, 1.807) is 0 Å². The van der Waals surface area contributed by atoms with Gasteiger partial charge in [-0.05, 0) is 0 Å². The van der Waals surface area contributed by atoms with E-state index in [0.29, 0.717) is 0 Å². The zero-order valence-corrected chi connectivity index (χ0v) is 45.7. The van der Waals surface area contributed by atoms with Gasteiger partial charge in [-0.2, -0.15) is 0 Å². The summed E-state index contributed by atoms with van der Waals surface area (Å²) >= 11 is 0. The van der Waals surface area contributed by atoms with Crippen molar-refractivity contribution in [2.45, 2.75) is 0 Å². The third-order valence-corrected chi connectivity index (χ3v) is 0. The molecule has 0 heterocycles. The second-order valence-electron chi connectivity index (χ2n) is 1.15. The fourth-order valence-corrected chi connectivity index (χ4v) is 0. The van der Waals surface area contributed by atoms with Gasteiger partial charge in [-0.15, -0.1) is 0 Å². The predicted octanol–water partition coefficient (Wildman–Crippen LogP) is -55.9. The standard InChI is InChI=1S/4BO3.12Na.5H2O/c4*2-1(3)4;;;;;;;;;;;;;;;;;/h;;;;;;;;;;;;;;;;5*1H2/q4*-3;12*+1;;;;;. The maximum atomic E-state index is 8.42. The van der Waals surface area contributed by atoms with Crippen LogP contribution in [0, 0.1) is 0 Å². The van der Waals surface area contributed by atoms with Gasteiger partial charge in [0.1, 0.15) is 0 Å². The molecule has 0 spiro atoms. The minimum Gasteiger partial charge on any atom is -0.907 e. The van der Waals surface area contributed by atoms with Crippen molar-refractivity contribution in [1.29, 1.82) is 0 Å². The van der Waals surface area contributed by atoms with Crippen LogP contribution in [0.4, 0.5) is 0 Å². The SMILES string of the molecule is O.O.O.O.O.[Na+].[Na+].[Na+].[Na+].[Na+].[Na+].[Na+].[Na+].[Na+].[Na+].[Na+].[Na+].[O-]B([O-])[O-].[O-]B([O-])[O-].[O-]B([O-])[O-].[O-]B([O-])[O-]. The molecule has 0 unspecified atom stereocenters. The zero-order valence-electron chi connectivity index (χ0n) is 21.7. The van der Waals surface area contributed by atoms with Crippen molar-refractivity contribution in [3.8, 4) is 0 Å². The van der Waals surface area contributed by atoms with Gasteiger partial charge in [0.25, 0.3) is 0 Å². The van der Waals surface area contributed by atoms with E-state index in [4.69, 9.17) is 60.3 Å². The van der Waals surface area contributed by atoms with Gasteiger partial charge in [-0.1, -0.05) is 0 Å². The summed E-state index contributed by atoms with van der Waals surface area (Å²) in [6.45, 7) is 0. The number of hydrogen-bond acceptors (Lipinski definition) is 12. The van der Waals surface area contributed by atoms with E-state index < -0.39 is 29.3 Å². The van der Waals surface area contributed by atoms with Crippen molar-refractivity contribution in [2.24, 2.45) is 0 Å². The summed E-state index contributed by atoms with van der Waals surface area (Å²) in [6, 6.07) is 0. The molecule has 33 heteroatoms. The molecule has 0 amide bonds. The molecule has 0 fully saturated rings. The van der Waals surface area contributed by atoms with Crippen molar-refractivity contribution in [2.75, 3.05) is 0 Å². The summed E-state index contributed by atoms with van der Waals surface area (Å²) in [6.07, 6.45) is 0. The van der Waals surface area contributed by atoms with Crippen LogP contribution in [-0.4, -0.2) is 56.7 Å². The average molecular weight is 601 g/mol. The van der Waals surface area contributed by atoms with Gasteiger partial charge in [0.2, 0.25) is 0 Å². The van der Waals surface area contributed by atoms with Crippen LogP contribution in [0.15, 0.2) is 0 Å². The van der Waals surface area contributed by atoms with Crippen molar-refractivity contribution >= 4 is 29.3 Å². The minimum atomic E-state index is -2.92. The van der Waals surface area contributed by atoms with E-state index in [9.17, 15) is 0 Å². The number of rotatable bonds is 0. The third kappa shape index (κ3) is 562. The molecule has 0 radical (unpaired) electrons. The van der Waals surface area contributed by atoms with Gasteiger partial charge >= 0.3 is 355 Å². The van der Waals surface area contributed by atoms with Gasteiger partial charge in [0.15, 0.2) is 0 Å². The first-order valence-electron chi connectivity index (χ1n) is 2.83. The van der Waals surface area contributed by atoms with Crippen LogP contribution >= 0.6 is 0 Å². The molecular weight excluding hydrogens is 591 g/mol. The van der Waals surface area contributed by atoms with Crippen LogP contribution in [0.1, 0.15) is 0 Å². The van der Waals surface area contributed by atoms with E-state index in [0.717, 1.165) is 0 Å². The smallest absolute Gasteiger partial charge is 0.907 e. The molecular formula is H10B4Na12O17. The fourth-order valence-electron chi connectivity index (χ4n) is 0. The quantitative estimate of drug-likeness (QED) is 0.234. The van der Waals surface area contributed by atoms with Crippen LogP contribution < -0.4 is 415 Å². The van der Waals surface area contributed by atoms with E-state index >= 15 is 0 Å². The molecule has 0 bridgehead atoms. The van der Waals surface area contributed by atoms with Crippen molar-refractivity contribution < 1.29 is 442 Å². The maximum Gasteiger partial charge on any atom is 1.00 e. The summed E-state index contributed by atoms with van der Waals surface area (Å²) in [5.41, 5.74) is 0. The Hall–Kier alpha value is 11.6. The molecule has 0 aromatic carbocycles. The van der Waals surface area contributed by atoms with Crippen molar-refractivity contribution in [3.05, 3.63) is 0 Å². The first-order valence-corrected chi connectivity index (χ1v) is 2.83. The molecule has 0 aromatic heterocycles. The Labute approximate surface area is 459 Å². The van der Waals surface area contributed by atoms with Crippen LogP contribution in [0.25, 0.3) is 0 Å². The Morgan fingerprint density at radius 3 is 0.182 bits per heavy atom. The Bertz CT molecular complexity index is 89.0. The van der Waals surface area contributed by atoms with Gasteiger partial charge in [0.05, 0.1) is 0 Å². The summed E-state index contributed by atoms with van der Waals surface area (Å²) in [5, 5.41) is 101. The Kier molecular flexibility index (Phi) is 656. The summed E-state index contributed by atoms with van der Waals surface area (Å²) < 4.78 is 0. The molecule has 0 aliphatic carbocycles. The first-order chi connectivity index (χ1) is 6.93. The maximum absolute atomic E-state index is 8.42. The minimum absolute atomic E-state index is 0. The summed E-state index contributed by atoms with van der Waals surface area (Å²) in [7, 11) is -11.7. The van der Waals surface area contributed by atoms with Gasteiger partial charge in [-0.25, -0.2) is 0 Å². The van der Waals surface area contributed by atoms with Crippen LogP contribution in [0.5, 0.6) is 0 Å². The molecule has 0 saturated heterocycles. The van der Waals surface area contributed by atoms with Gasteiger partial charge < -0.3 is 87.7 Å². The van der Waals surface area contributed by atoms with E-state index in [1.165, 1.54) is 0 Å². The molecule has 17 nitrogen and oxygen atoms in total. The van der Waals surface area contributed by atoms with Gasteiger partial charge in [0, 0.05) is 0 Å². The van der Waals surface area contributed by atoms with Crippen molar-refractivity contribution in [1.82, 2.24) is 0 Å². The average Bonchev–Trinajstić information content (AvgIpc) is 1.76. The van der Waals surface area contributed by atoms with Crippen LogP contribution in [-0.2, 0) is 0 Å². The molecule has 0 aliphatic heterocycles. The largest absolute Gasteiger partial charge is 1.00 e. The Balaban J connectivity index is -0.00000000261. The second-order valence-corrected chi connectivity index (χ2v) is 1.15. The summed E-state index contributed by atoms with van der Waals surface area (Å²) in [5.74, 6) is 0. The normalized spacial score (nSPS) is 3.27. The van der Waals surface area contributed by atoms with Gasteiger partial charge in [-0.3, -0.25) is 29.3 Å². The fraction of sp³-hybridized carbons (Fsp3) is 0. The molecule has 0 atom stereocenters. The monoisotopic (exact) mass is 602 g/mol. The molecule has 33 heavy (non-hydrogen) atoms. The van der Waals surface area contributed by atoms with E-state index in [2.05, 4.69) is 0 Å². The Morgan fingerprint density at radius 2 is 0.182 bits per heavy atom. The van der Waals surface area contributed by atoms with Crippen molar-refractivity contribution in [3.63, 3.8) is 0 Å². The predicted molar refractivity (Wildman–Crippen MR) is 41.1 cm³/mol. The summed E-state index contributed by atoms with van der Waals surface area (Å²) in [4.78, 5) is 0. The molecule has 136 valence electrons. The Morgan fingerprint density at radius 1 is 0.182 bits per heavy atom.